The predicted octanol–water partition coefficient (Wildman–Crippen LogP) is 1.25. The Balaban J connectivity index is 2.35. The summed E-state index contributed by atoms with van der Waals surface area (Å²) in [5.74, 6) is 0. The molecule has 1 fully saturated rings. The highest BCUT2D eigenvalue weighted by atomic mass is 19.4. The number of aryl methyl sites for hydroxylation is 1. The van der Waals surface area contributed by atoms with Gasteiger partial charge >= 0.3 is 6.18 Å². The summed E-state index contributed by atoms with van der Waals surface area (Å²) in [6, 6.07) is 0. The molecule has 1 saturated heterocycles. The van der Waals surface area contributed by atoms with Gasteiger partial charge in [0.1, 0.15) is 6.33 Å². The number of halogens is 3. The van der Waals surface area contributed by atoms with E-state index in [0.717, 1.165) is 4.90 Å². The number of nitrogens with zero attached hydrogens (tertiary/aromatic N) is 3. The van der Waals surface area contributed by atoms with Gasteiger partial charge in [0.25, 0.3) is 0 Å². The number of aliphatic hydroxyl groups is 1. The van der Waals surface area contributed by atoms with E-state index in [-0.39, 0.29) is 18.7 Å². The van der Waals surface area contributed by atoms with E-state index in [0.29, 0.717) is 5.69 Å². The standard InChI is InChI=1S/C9H10F3N3O/c1-6-7(4-13-5-14-6)15-3-2-8(15,16)9(10,11)12/h4-5,16H,2-3H2,1H3. The molecule has 0 saturated carbocycles. The van der Waals surface area contributed by atoms with Crippen molar-refractivity contribution in [2.24, 2.45) is 0 Å². The highest BCUT2D eigenvalue weighted by molar-refractivity contribution is 5.53. The van der Waals surface area contributed by atoms with Gasteiger partial charge in [-0.15, -0.1) is 0 Å². The van der Waals surface area contributed by atoms with Crippen LogP contribution in [0.2, 0.25) is 0 Å². The molecule has 7 heteroatoms. The number of hydrogen-bond acceptors (Lipinski definition) is 4. The van der Waals surface area contributed by atoms with Crippen molar-refractivity contribution in [1.29, 1.82) is 0 Å². The van der Waals surface area contributed by atoms with E-state index < -0.39 is 11.9 Å². The van der Waals surface area contributed by atoms with E-state index in [9.17, 15) is 18.3 Å². The third-order valence-electron chi connectivity index (χ3n) is 2.76. The Morgan fingerprint density at radius 3 is 2.62 bits per heavy atom. The minimum atomic E-state index is -4.67. The van der Waals surface area contributed by atoms with Crippen LogP contribution in [0.5, 0.6) is 0 Å². The molecule has 2 rings (SSSR count). The lowest BCUT2D eigenvalue weighted by molar-refractivity contribution is -0.279. The molecule has 0 amide bonds. The monoisotopic (exact) mass is 233 g/mol. The second-order valence-corrected chi connectivity index (χ2v) is 3.71. The first-order valence-electron chi connectivity index (χ1n) is 4.69. The molecule has 2 heterocycles. The van der Waals surface area contributed by atoms with E-state index in [1.807, 2.05) is 0 Å². The molecule has 0 aliphatic carbocycles. The molecular weight excluding hydrogens is 223 g/mol. The van der Waals surface area contributed by atoms with Crippen LogP contribution in [-0.2, 0) is 0 Å². The molecule has 1 N–H and O–H groups in total. The lowest BCUT2D eigenvalue weighted by atomic mass is 9.96. The van der Waals surface area contributed by atoms with Gasteiger partial charge in [-0.3, -0.25) is 0 Å². The fourth-order valence-electron chi connectivity index (χ4n) is 1.70. The number of hydrogen-bond donors (Lipinski definition) is 1. The first kappa shape index (κ1) is 11.1. The Bertz CT molecular complexity index is 409. The van der Waals surface area contributed by atoms with Crippen LogP contribution in [0, 0.1) is 6.92 Å². The zero-order valence-corrected chi connectivity index (χ0v) is 8.49. The van der Waals surface area contributed by atoms with Crippen LogP contribution in [0.1, 0.15) is 12.1 Å². The van der Waals surface area contributed by atoms with Crippen molar-refractivity contribution < 1.29 is 18.3 Å². The molecule has 16 heavy (non-hydrogen) atoms. The summed E-state index contributed by atoms with van der Waals surface area (Å²) in [6.07, 6.45) is -2.47. The highest BCUT2D eigenvalue weighted by Crippen LogP contribution is 2.45. The van der Waals surface area contributed by atoms with Crippen molar-refractivity contribution in [3.8, 4) is 0 Å². The molecule has 0 bridgehead atoms. The van der Waals surface area contributed by atoms with E-state index in [1.54, 1.807) is 6.92 Å². The van der Waals surface area contributed by atoms with Crippen molar-refractivity contribution in [2.75, 3.05) is 11.4 Å². The Morgan fingerprint density at radius 1 is 1.50 bits per heavy atom. The van der Waals surface area contributed by atoms with Crippen molar-refractivity contribution in [3.63, 3.8) is 0 Å². The fourth-order valence-corrected chi connectivity index (χ4v) is 1.70. The smallest absolute Gasteiger partial charge is 0.363 e. The van der Waals surface area contributed by atoms with Crippen molar-refractivity contribution in [2.45, 2.75) is 25.2 Å². The van der Waals surface area contributed by atoms with E-state index >= 15 is 0 Å². The number of rotatable bonds is 1. The lowest BCUT2D eigenvalue weighted by Crippen LogP contribution is -2.68. The summed E-state index contributed by atoms with van der Waals surface area (Å²) in [4.78, 5) is 8.34. The summed E-state index contributed by atoms with van der Waals surface area (Å²) >= 11 is 0. The second-order valence-electron chi connectivity index (χ2n) is 3.71. The third-order valence-corrected chi connectivity index (χ3v) is 2.76. The molecule has 1 unspecified atom stereocenters. The quantitative estimate of drug-likeness (QED) is 0.793. The average molecular weight is 233 g/mol. The summed E-state index contributed by atoms with van der Waals surface area (Å²) < 4.78 is 37.9. The molecule has 1 aliphatic rings. The van der Waals surface area contributed by atoms with Gasteiger partial charge in [-0.1, -0.05) is 0 Å². The van der Waals surface area contributed by atoms with Gasteiger partial charge in [-0.2, -0.15) is 13.2 Å². The van der Waals surface area contributed by atoms with Crippen LogP contribution in [0.15, 0.2) is 12.5 Å². The topological polar surface area (TPSA) is 49.2 Å². The molecule has 0 radical (unpaired) electrons. The van der Waals surface area contributed by atoms with Crippen molar-refractivity contribution >= 4 is 5.69 Å². The van der Waals surface area contributed by atoms with Gasteiger partial charge in [-0.25, -0.2) is 9.97 Å². The van der Waals surface area contributed by atoms with Gasteiger partial charge < -0.3 is 10.0 Å². The van der Waals surface area contributed by atoms with Crippen LogP contribution in [0.25, 0.3) is 0 Å². The average Bonchev–Trinajstić information content (AvgIpc) is 2.17. The van der Waals surface area contributed by atoms with Crippen LogP contribution in [0.3, 0.4) is 0 Å². The summed E-state index contributed by atoms with van der Waals surface area (Å²) in [7, 11) is 0. The maximum atomic E-state index is 12.6. The van der Waals surface area contributed by atoms with Crippen LogP contribution in [-0.4, -0.2) is 33.5 Å². The minimum absolute atomic E-state index is 0.143. The Labute approximate surface area is 89.7 Å². The molecule has 1 atom stereocenters. The lowest BCUT2D eigenvalue weighted by Gasteiger charge is -2.50. The second kappa shape index (κ2) is 3.31. The van der Waals surface area contributed by atoms with Crippen molar-refractivity contribution in [3.05, 3.63) is 18.2 Å². The van der Waals surface area contributed by atoms with Gasteiger partial charge in [0.2, 0.25) is 5.72 Å². The first-order chi connectivity index (χ1) is 7.36. The zero-order valence-electron chi connectivity index (χ0n) is 8.49. The summed E-state index contributed by atoms with van der Waals surface area (Å²) in [5, 5.41) is 9.53. The zero-order chi connectivity index (χ0) is 12.0. The van der Waals surface area contributed by atoms with E-state index in [4.69, 9.17) is 0 Å². The first-order valence-corrected chi connectivity index (χ1v) is 4.69. The van der Waals surface area contributed by atoms with Crippen molar-refractivity contribution in [1.82, 2.24) is 9.97 Å². The van der Waals surface area contributed by atoms with Gasteiger partial charge in [0.05, 0.1) is 17.6 Å². The number of aromatic nitrogens is 2. The molecular formula is C9H10F3N3O. The SMILES string of the molecule is Cc1ncncc1N1CCC1(O)C(F)(F)F. The predicted molar refractivity (Wildman–Crippen MR) is 49.7 cm³/mol. The van der Waals surface area contributed by atoms with Crippen LogP contribution < -0.4 is 4.90 Å². The van der Waals surface area contributed by atoms with Crippen LogP contribution in [0.4, 0.5) is 18.9 Å². The molecule has 0 aromatic carbocycles. The fraction of sp³-hybridized carbons (Fsp3) is 0.556. The molecule has 4 nitrogen and oxygen atoms in total. The van der Waals surface area contributed by atoms with Crippen LogP contribution >= 0.6 is 0 Å². The molecule has 1 aliphatic heterocycles. The maximum absolute atomic E-state index is 12.6. The molecule has 1 aromatic rings. The normalized spacial score (nSPS) is 25.4. The number of alkyl halides is 3. The van der Waals surface area contributed by atoms with Gasteiger partial charge in [0, 0.05) is 13.0 Å². The van der Waals surface area contributed by atoms with E-state index in [1.165, 1.54) is 12.5 Å². The highest BCUT2D eigenvalue weighted by Gasteiger charge is 2.63. The number of anilines is 1. The Hall–Kier alpha value is -1.37. The van der Waals surface area contributed by atoms with E-state index in [2.05, 4.69) is 9.97 Å². The minimum Gasteiger partial charge on any atom is -0.363 e. The molecule has 1 aromatic heterocycles. The largest absolute Gasteiger partial charge is 0.436 e. The third kappa shape index (κ3) is 1.42. The summed E-state index contributed by atoms with van der Waals surface area (Å²) in [5.41, 5.74) is -2.14. The van der Waals surface area contributed by atoms with Gasteiger partial charge in [0.15, 0.2) is 0 Å². The maximum Gasteiger partial charge on any atom is 0.436 e. The molecule has 0 spiro atoms. The van der Waals surface area contributed by atoms with Gasteiger partial charge in [-0.05, 0) is 6.92 Å². The Morgan fingerprint density at radius 2 is 2.19 bits per heavy atom. The summed E-state index contributed by atoms with van der Waals surface area (Å²) in [6.45, 7) is 1.72. The molecule has 88 valence electrons. The Kier molecular flexibility index (Phi) is 2.30.